The average molecular weight is 364 g/mol. The Balaban J connectivity index is 2.00. The first-order valence-electron chi connectivity index (χ1n) is 8.80. The molecule has 1 aromatic rings. The number of methoxy groups -OCH3 is 1. The normalized spacial score (nSPS) is 17.6. The van der Waals surface area contributed by atoms with Crippen molar-refractivity contribution in [2.45, 2.75) is 38.8 Å². The van der Waals surface area contributed by atoms with E-state index in [1.165, 1.54) is 7.11 Å². The standard InChI is InChI=1S/C19H28N2O5/c1-19(2,3)26-18(23)21-12-11-20(17(22)24-4)14-15(21)10-13-25-16-8-6-5-7-9-16/h5-9,15H,10-14H2,1-4H3/t15-/m0/s1. The molecule has 0 bridgehead atoms. The Morgan fingerprint density at radius 1 is 1.12 bits per heavy atom. The van der Waals surface area contributed by atoms with Crippen molar-refractivity contribution in [2.75, 3.05) is 33.4 Å². The molecule has 1 fully saturated rings. The van der Waals surface area contributed by atoms with Gasteiger partial charge in [0.05, 0.1) is 19.8 Å². The molecular weight excluding hydrogens is 336 g/mol. The van der Waals surface area contributed by atoms with E-state index in [4.69, 9.17) is 14.2 Å². The SMILES string of the molecule is COC(=O)N1CCN(C(=O)OC(C)(C)C)[C@@H](CCOc2ccccc2)C1. The Hall–Kier alpha value is -2.44. The fourth-order valence-corrected chi connectivity index (χ4v) is 2.79. The molecule has 26 heavy (non-hydrogen) atoms. The maximum absolute atomic E-state index is 12.5. The molecule has 0 aliphatic carbocycles. The molecule has 7 heteroatoms. The van der Waals surface area contributed by atoms with Gasteiger partial charge in [0.25, 0.3) is 0 Å². The summed E-state index contributed by atoms with van der Waals surface area (Å²) >= 11 is 0. The molecule has 0 saturated carbocycles. The Kier molecular flexibility index (Phi) is 6.71. The number of ether oxygens (including phenoxy) is 3. The topological polar surface area (TPSA) is 68.3 Å². The van der Waals surface area contributed by atoms with Crippen molar-refractivity contribution in [1.29, 1.82) is 0 Å². The molecule has 1 saturated heterocycles. The molecule has 2 amide bonds. The van der Waals surface area contributed by atoms with Crippen molar-refractivity contribution in [3.8, 4) is 5.75 Å². The highest BCUT2D eigenvalue weighted by Gasteiger charge is 2.35. The number of carbonyl (C=O) groups excluding carboxylic acids is 2. The van der Waals surface area contributed by atoms with Crippen LogP contribution in [0.5, 0.6) is 5.75 Å². The van der Waals surface area contributed by atoms with Crippen LogP contribution in [0.25, 0.3) is 0 Å². The molecule has 0 aromatic heterocycles. The van der Waals surface area contributed by atoms with Gasteiger partial charge in [-0.15, -0.1) is 0 Å². The van der Waals surface area contributed by atoms with Gasteiger partial charge in [-0.05, 0) is 32.9 Å². The first kappa shape index (κ1) is 19.9. The predicted molar refractivity (Wildman–Crippen MR) is 97.3 cm³/mol. The molecule has 144 valence electrons. The van der Waals surface area contributed by atoms with Crippen molar-refractivity contribution in [1.82, 2.24) is 9.80 Å². The van der Waals surface area contributed by atoms with Crippen LogP contribution in [0.1, 0.15) is 27.2 Å². The summed E-state index contributed by atoms with van der Waals surface area (Å²) < 4.78 is 16.1. The van der Waals surface area contributed by atoms with E-state index >= 15 is 0 Å². The highest BCUT2D eigenvalue weighted by molar-refractivity contribution is 5.71. The van der Waals surface area contributed by atoms with Gasteiger partial charge in [-0.1, -0.05) is 18.2 Å². The van der Waals surface area contributed by atoms with Crippen molar-refractivity contribution in [2.24, 2.45) is 0 Å². The molecule has 1 aromatic carbocycles. The van der Waals surface area contributed by atoms with E-state index in [2.05, 4.69) is 0 Å². The number of rotatable bonds is 4. The lowest BCUT2D eigenvalue weighted by Gasteiger charge is -2.41. The summed E-state index contributed by atoms with van der Waals surface area (Å²) in [6.07, 6.45) is -0.170. The van der Waals surface area contributed by atoms with Gasteiger partial charge in [0, 0.05) is 26.1 Å². The number of amides is 2. The average Bonchev–Trinajstić information content (AvgIpc) is 2.60. The lowest BCUT2D eigenvalue weighted by molar-refractivity contribution is -0.00421. The zero-order chi connectivity index (χ0) is 19.2. The second kappa shape index (κ2) is 8.78. The zero-order valence-electron chi connectivity index (χ0n) is 15.9. The summed E-state index contributed by atoms with van der Waals surface area (Å²) in [6, 6.07) is 9.30. The number of carbonyl (C=O) groups is 2. The molecule has 7 nitrogen and oxygen atoms in total. The number of para-hydroxylation sites is 1. The molecule has 2 rings (SSSR count). The van der Waals surface area contributed by atoms with Crippen molar-refractivity contribution < 1.29 is 23.8 Å². The van der Waals surface area contributed by atoms with Crippen molar-refractivity contribution in [3.63, 3.8) is 0 Å². The molecule has 1 aliphatic rings. The molecular formula is C19H28N2O5. The zero-order valence-corrected chi connectivity index (χ0v) is 15.9. The lowest BCUT2D eigenvalue weighted by Crippen LogP contribution is -2.57. The Morgan fingerprint density at radius 3 is 2.42 bits per heavy atom. The van der Waals surface area contributed by atoms with Gasteiger partial charge >= 0.3 is 12.2 Å². The predicted octanol–water partition coefficient (Wildman–Crippen LogP) is 3.14. The Bertz CT molecular complexity index is 600. The van der Waals surface area contributed by atoms with Crippen LogP contribution >= 0.6 is 0 Å². The molecule has 0 N–H and O–H groups in total. The third-order valence-electron chi connectivity index (χ3n) is 4.01. The number of benzene rings is 1. The summed E-state index contributed by atoms with van der Waals surface area (Å²) in [7, 11) is 1.36. The van der Waals surface area contributed by atoms with Crippen LogP contribution in [0.3, 0.4) is 0 Å². The summed E-state index contributed by atoms with van der Waals surface area (Å²) in [5.74, 6) is 0.775. The van der Waals surface area contributed by atoms with Crippen molar-refractivity contribution >= 4 is 12.2 Å². The third kappa shape index (κ3) is 5.82. The van der Waals surface area contributed by atoms with Gasteiger partial charge in [-0.2, -0.15) is 0 Å². The Labute approximate surface area is 154 Å². The lowest BCUT2D eigenvalue weighted by atomic mass is 10.1. The summed E-state index contributed by atoms with van der Waals surface area (Å²) in [5, 5.41) is 0. The van der Waals surface area contributed by atoms with Crippen LogP contribution in [0, 0.1) is 0 Å². The van der Waals surface area contributed by atoms with Gasteiger partial charge in [0.1, 0.15) is 11.4 Å². The minimum atomic E-state index is -0.568. The fourth-order valence-electron chi connectivity index (χ4n) is 2.79. The minimum Gasteiger partial charge on any atom is -0.494 e. The highest BCUT2D eigenvalue weighted by Crippen LogP contribution is 2.19. The van der Waals surface area contributed by atoms with Gasteiger partial charge in [-0.3, -0.25) is 0 Å². The van der Waals surface area contributed by atoms with Gasteiger partial charge in [0.15, 0.2) is 0 Å². The van der Waals surface area contributed by atoms with Crippen LogP contribution < -0.4 is 4.74 Å². The summed E-state index contributed by atoms with van der Waals surface area (Å²) in [6.45, 7) is 7.16. The maximum atomic E-state index is 12.5. The van der Waals surface area contributed by atoms with E-state index in [0.717, 1.165) is 5.75 Å². The maximum Gasteiger partial charge on any atom is 0.410 e. The molecule has 1 atom stereocenters. The van der Waals surface area contributed by atoms with E-state index in [-0.39, 0.29) is 18.2 Å². The van der Waals surface area contributed by atoms with Crippen LogP contribution in [0.15, 0.2) is 30.3 Å². The first-order valence-corrected chi connectivity index (χ1v) is 8.80. The molecule has 1 aliphatic heterocycles. The van der Waals surface area contributed by atoms with Crippen LogP contribution in [-0.4, -0.2) is 67.0 Å². The molecule has 0 radical (unpaired) electrons. The van der Waals surface area contributed by atoms with Gasteiger partial charge in [-0.25, -0.2) is 9.59 Å². The number of hydrogen-bond acceptors (Lipinski definition) is 5. The second-order valence-corrected chi connectivity index (χ2v) is 7.19. The van der Waals surface area contributed by atoms with Crippen LogP contribution in [0.4, 0.5) is 9.59 Å². The second-order valence-electron chi connectivity index (χ2n) is 7.19. The van der Waals surface area contributed by atoms with Gasteiger partial charge in [0.2, 0.25) is 0 Å². The molecule has 0 spiro atoms. The number of nitrogens with zero attached hydrogens (tertiary/aromatic N) is 2. The van der Waals surface area contributed by atoms with E-state index in [0.29, 0.717) is 32.7 Å². The quantitative estimate of drug-likeness (QED) is 0.821. The van der Waals surface area contributed by atoms with Crippen molar-refractivity contribution in [3.05, 3.63) is 30.3 Å². The van der Waals surface area contributed by atoms with E-state index in [1.807, 2.05) is 51.1 Å². The van der Waals surface area contributed by atoms with Crippen LogP contribution in [-0.2, 0) is 9.47 Å². The monoisotopic (exact) mass is 364 g/mol. The molecule has 1 heterocycles. The fraction of sp³-hybridized carbons (Fsp3) is 0.579. The largest absolute Gasteiger partial charge is 0.494 e. The summed E-state index contributed by atoms with van der Waals surface area (Å²) in [4.78, 5) is 27.7. The summed E-state index contributed by atoms with van der Waals surface area (Å²) in [5.41, 5.74) is -0.568. The van der Waals surface area contributed by atoms with E-state index in [9.17, 15) is 9.59 Å². The minimum absolute atomic E-state index is 0.193. The molecule has 0 unspecified atom stereocenters. The highest BCUT2D eigenvalue weighted by atomic mass is 16.6. The smallest absolute Gasteiger partial charge is 0.410 e. The van der Waals surface area contributed by atoms with E-state index in [1.54, 1.807) is 9.80 Å². The Morgan fingerprint density at radius 2 is 1.81 bits per heavy atom. The first-order chi connectivity index (χ1) is 12.3. The van der Waals surface area contributed by atoms with Crippen LogP contribution in [0.2, 0.25) is 0 Å². The number of piperazine rings is 1. The number of hydrogen-bond donors (Lipinski definition) is 0. The third-order valence-corrected chi connectivity index (χ3v) is 4.01. The van der Waals surface area contributed by atoms with E-state index < -0.39 is 5.60 Å². The van der Waals surface area contributed by atoms with Gasteiger partial charge < -0.3 is 24.0 Å².